The third-order valence-corrected chi connectivity index (χ3v) is 7.27. The monoisotopic (exact) mass is 456 g/mol. The highest BCUT2D eigenvalue weighted by atomic mass is 16.1. The Balaban J connectivity index is 1.77. The molecule has 7 nitrogen and oxygen atoms in total. The van der Waals surface area contributed by atoms with Crippen LogP contribution >= 0.6 is 0 Å². The number of H-pyrrole nitrogens is 1. The Morgan fingerprint density at radius 2 is 1.94 bits per heavy atom. The van der Waals surface area contributed by atoms with Crippen molar-refractivity contribution in [1.29, 1.82) is 0 Å². The van der Waals surface area contributed by atoms with E-state index in [-0.39, 0.29) is 11.1 Å². The zero-order valence-corrected chi connectivity index (χ0v) is 20.4. The smallest absolute Gasteiger partial charge is 0.254 e. The molecule has 0 saturated heterocycles. The first-order valence-corrected chi connectivity index (χ1v) is 12.2. The number of aryl methyl sites for hydroxylation is 2. The molecule has 2 aromatic heterocycles. The average molecular weight is 457 g/mol. The number of hydrogen-bond acceptors (Lipinski definition) is 5. The summed E-state index contributed by atoms with van der Waals surface area (Å²) in [6, 6.07) is 16.3. The number of aromatic amines is 1. The lowest BCUT2D eigenvalue weighted by Gasteiger charge is -2.38. The van der Waals surface area contributed by atoms with Crippen LogP contribution in [0.1, 0.15) is 69.1 Å². The highest BCUT2D eigenvalue weighted by Crippen LogP contribution is 2.38. The highest BCUT2D eigenvalue weighted by molar-refractivity contribution is 5.80. The molecule has 5 rings (SSSR count). The first-order valence-electron chi connectivity index (χ1n) is 12.2. The Labute approximate surface area is 199 Å². The lowest BCUT2D eigenvalue weighted by Crippen LogP contribution is -2.40. The molecular formula is C27H32N6O. The van der Waals surface area contributed by atoms with Crippen LogP contribution in [0.5, 0.6) is 0 Å². The molecule has 1 N–H and O–H groups in total. The van der Waals surface area contributed by atoms with E-state index in [9.17, 15) is 4.79 Å². The number of pyridine rings is 1. The predicted octanol–water partition coefficient (Wildman–Crippen LogP) is 4.76. The zero-order valence-electron chi connectivity index (χ0n) is 20.4. The Bertz CT molecular complexity index is 1390. The van der Waals surface area contributed by atoms with Crippen LogP contribution in [0.2, 0.25) is 0 Å². The summed E-state index contributed by atoms with van der Waals surface area (Å²) in [5, 5.41) is 14.0. The van der Waals surface area contributed by atoms with Crippen molar-refractivity contribution in [2.24, 2.45) is 0 Å². The topological polar surface area (TPSA) is 79.7 Å². The molecule has 2 aromatic carbocycles. The van der Waals surface area contributed by atoms with Crippen molar-refractivity contribution < 1.29 is 0 Å². The second-order valence-corrected chi connectivity index (χ2v) is 9.77. The van der Waals surface area contributed by atoms with Gasteiger partial charge in [0.15, 0.2) is 5.82 Å². The maximum Gasteiger partial charge on any atom is 0.254 e. The van der Waals surface area contributed by atoms with Crippen molar-refractivity contribution in [3.63, 3.8) is 0 Å². The van der Waals surface area contributed by atoms with Gasteiger partial charge in [-0.15, -0.1) is 5.10 Å². The van der Waals surface area contributed by atoms with Gasteiger partial charge in [0, 0.05) is 23.3 Å². The van der Waals surface area contributed by atoms with Crippen LogP contribution in [0.25, 0.3) is 10.9 Å². The molecule has 0 saturated carbocycles. The number of nitrogens with one attached hydrogen (secondary N) is 1. The standard InChI is InChI=1S/C27H32N6O/c1-5-18-13-14-22-20(16-18)17-21(26(34)28-22)24(25-29-30-31-33(25)27(3,4)6-2)32-15-9-11-19-10-7-8-12-23(19)32/h7-8,10,12-14,16-17,24H,5-6,9,11,15H2,1-4H3,(H,28,34)/t24-/m0/s1. The summed E-state index contributed by atoms with van der Waals surface area (Å²) in [7, 11) is 0. The molecule has 0 amide bonds. The van der Waals surface area contributed by atoms with Crippen molar-refractivity contribution in [3.05, 3.63) is 81.4 Å². The van der Waals surface area contributed by atoms with Gasteiger partial charge in [0.05, 0.1) is 5.54 Å². The van der Waals surface area contributed by atoms with Crippen LogP contribution in [-0.2, 0) is 18.4 Å². The van der Waals surface area contributed by atoms with E-state index in [1.807, 2.05) is 16.8 Å². The number of nitrogens with zero attached hydrogens (tertiary/aromatic N) is 5. The minimum atomic E-state index is -0.402. The van der Waals surface area contributed by atoms with Crippen molar-refractivity contribution >= 4 is 16.6 Å². The van der Waals surface area contributed by atoms with Gasteiger partial charge in [-0.1, -0.05) is 38.1 Å². The third kappa shape index (κ3) is 3.79. The van der Waals surface area contributed by atoms with Crippen LogP contribution < -0.4 is 10.5 Å². The first kappa shape index (κ1) is 22.3. The molecule has 0 aliphatic carbocycles. The van der Waals surface area contributed by atoms with Crippen LogP contribution in [0.3, 0.4) is 0 Å². The van der Waals surface area contributed by atoms with Crippen LogP contribution in [0, 0.1) is 0 Å². The molecule has 4 aromatic rings. The molecule has 1 atom stereocenters. The maximum absolute atomic E-state index is 13.5. The number of tetrazole rings is 1. The number of aromatic nitrogens is 5. The lowest BCUT2D eigenvalue weighted by atomic mass is 9.95. The van der Waals surface area contributed by atoms with Crippen LogP contribution in [0.4, 0.5) is 5.69 Å². The van der Waals surface area contributed by atoms with Gasteiger partial charge in [-0.3, -0.25) is 4.79 Å². The summed E-state index contributed by atoms with van der Waals surface area (Å²) < 4.78 is 1.90. The van der Waals surface area contributed by atoms with E-state index in [1.54, 1.807) is 0 Å². The Morgan fingerprint density at radius 3 is 2.74 bits per heavy atom. The van der Waals surface area contributed by atoms with Crippen molar-refractivity contribution in [2.75, 3.05) is 11.4 Å². The second-order valence-electron chi connectivity index (χ2n) is 9.77. The Morgan fingerprint density at radius 1 is 1.12 bits per heavy atom. The molecule has 0 unspecified atom stereocenters. The SMILES string of the molecule is CCc1ccc2[nH]c(=O)c([C@@H](c3nnnn3C(C)(C)CC)N3CCCc4ccccc43)cc2c1. The summed E-state index contributed by atoms with van der Waals surface area (Å²) in [4.78, 5) is 19.0. The third-order valence-electron chi connectivity index (χ3n) is 7.27. The average Bonchev–Trinajstić information content (AvgIpc) is 3.35. The number of rotatable bonds is 6. The number of para-hydroxylation sites is 1. The summed E-state index contributed by atoms with van der Waals surface area (Å²) >= 11 is 0. The van der Waals surface area contributed by atoms with E-state index < -0.39 is 6.04 Å². The molecular weight excluding hydrogens is 424 g/mol. The van der Waals surface area contributed by atoms with Gasteiger partial charge < -0.3 is 9.88 Å². The molecule has 7 heteroatoms. The maximum atomic E-state index is 13.5. The van der Waals surface area contributed by atoms with Gasteiger partial charge in [-0.2, -0.15) is 0 Å². The molecule has 3 heterocycles. The number of fused-ring (bicyclic) bond motifs is 2. The molecule has 0 fully saturated rings. The lowest BCUT2D eigenvalue weighted by molar-refractivity contribution is 0.287. The minimum absolute atomic E-state index is 0.103. The van der Waals surface area contributed by atoms with E-state index in [0.717, 1.165) is 48.8 Å². The van der Waals surface area contributed by atoms with Gasteiger partial charge in [-0.25, -0.2) is 4.68 Å². The largest absolute Gasteiger partial charge is 0.357 e. The van der Waals surface area contributed by atoms with Crippen molar-refractivity contribution in [2.45, 2.75) is 65.0 Å². The first-order chi connectivity index (χ1) is 16.4. The van der Waals surface area contributed by atoms with E-state index >= 15 is 0 Å². The number of benzene rings is 2. The Hall–Kier alpha value is -3.48. The summed E-state index contributed by atoms with van der Waals surface area (Å²) in [5.41, 5.74) is 4.79. The van der Waals surface area contributed by atoms with E-state index in [0.29, 0.717) is 11.4 Å². The molecule has 0 spiro atoms. The zero-order chi connectivity index (χ0) is 23.9. The normalized spacial score (nSPS) is 14.9. The molecule has 1 aliphatic rings. The van der Waals surface area contributed by atoms with Gasteiger partial charge in [0.2, 0.25) is 0 Å². The van der Waals surface area contributed by atoms with Crippen LogP contribution in [0.15, 0.2) is 53.3 Å². The number of hydrogen-bond donors (Lipinski definition) is 1. The van der Waals surface area contributed by atoms with Gasteiger partial charge in [0.25, 0.3) is 5.56 Å². The van der Waals surface area contributed by atoms with Crippen molar-refractivity contribution in [1.82, 2.24) is 25.2 Å². The highest BCUT2D eigenvalue weighted by Gasteiger charge is 2.36. The van der Waals surface area contributed by atoms with Gasteiger partial charge in [0.1, 0.15) is 6.04 Å². The van der Waals surface area contributed by atoms with Crippen molar-refractivity contribution in [3.8, 4) is 0 Å². The molecule has 1 aliphatic heterocycles. The number of anilines is 1. The fourth-order valence-corrected chi connectivity index (χ4v) is 4.92. The molecule has 0 bridgehead atoms. The fourth-order valence-electron chi connectivity index (χ4n) is 4.92. The minimum Gasteiger partial charge on any atom is -0.357 e. The van der Waals surface area contributed by atoms with Gasteiger partial charge in [-0.05, 0) is 90.7 Å². The summed E-state index contributed by atoms with van der Waals surface area (Å²) in [5.74, 6) is 0.694. The quantitative estimate of drug-likeness (QED) is 0.452. The molecule has 176 valence electrons. The second kappa shape index (κ2) is 8.70. The van der Waals surface area contributed by atoms with E-state index in [2.05, 4.69) is 89.5 Å². The van der Waals surface area contributed by atoms with E-state index in [1.165, 1.54) is 11.1 Å². The van der Waals surface area contributed by atoms with Crippen LogP contribution in [-0.4, -0.2) is 31.7 Å². The summed E-state index contributed by atoms with van der Waals surface area (Å²) in [6.45, 7) is 9.36. The Kier molecular flexibility index (Phi) is 5.71. The van der Waals surface area contributed by atoms with Gasteiger partial charge >= 0.3 is 0 Å². The molecule has 34 heavy (non-hydrogen) atoms. The predicted molar refractivity (Wildman–Crippen MR) is 135 cm³/mol. The van der Waals surface area contributed by atoms with E-state index in [4.69, 9.17) is 0 Å². The molecule has 0 radical (unpaired) electrons. The summed E-state index contributed by atoms with van der Waals surface area (Å²) in [6.07, 6.45) is 3.84. The fraction of sp³-hybridized carbons (Fsp3) is 0.407.